The summed E-state index contributed by atoms with van der Waals surface area (Å²) in [6.45, 7) is 1.85. The number of rotatable bonds is 2. The molecule has 0 aromatic heterocycles. The van der Waals surface area contributed by atoms with Crippen molar-refractivity contribution in [2.45, 2.75) is 13.3 Å². The molecule has 0 N–H and O–H groups in total. The third-order valence-electron chi connectivity index (χ3n) is 2.76. The van der Waals surface area contributed by atoms with E-state index in [0.717, 1.165) is 5.56 Å². The summed E-state index contributed by atoms with van der Waals surface area (Å²) in [5.74, 6) is -0.858. The predicted octanol–water partition coefficient (Wildman–Crippen LogP) is 4.01. The molecule has 0 atom stereocenters. The van der Waals surface area contributed by atoms with Crippen LogP contribution in [0.25, 0.3) is 11.1 Å². The van der Waals surface area contributed by atoms with Gasteiger partial charge in [0.15, 0.2) is 0 Å². The molecule has 2 rings (SSSR count). The maximum atomic E-state index is 13.7. The van der Waals surface area contributed by atoms with Gasteiger partial charge in [-0.25, -0.2) is 8.78 Å². The van der Waals surface area contributed by atoms with E-state index in [1.807, 2.05) is 13.0 Å². The Hall–Kier alpha value is -2.21. The lowest BCUT2D eigenvalue weighted by molar-refractivity contribution is 0.614. The molecule has 90 valence electrons. The summed E-state index contributed by atoms with van der Waals surface area (Å²) < 4.78 is 27.3. The first-order chi connectivity index (χ1) is 8.61. The van der Waals surface area contributed by atoms with Gasteiger partial charge in [-0.1, -0.05) is 23.8 Å². The molecule has 0 aliphatic rings. The first kappa shape index (κ1) is 12.3. The highest BCUT2D eigenvalue weighted by Crippen LogP contribution is 2.25. The minimum Gasteiger partial charge on any atom is -0.207 e. The Bertz CT molecular complexity index is 627. The molecule has 0 unspecified atom stereocenters. The summed E-state index contributed by atoms with van der Waals surface area (Å²) in [7, 11) is 0. The van der Waals surface area contributed by atoms with Crippen LogP contribution < -0.4 is 0 Å². The minimum absolute atomic E-state index is 0.0163. The Morgan fingerprint density at radius 2 is 1.83 bits per heavy atom. The molecule has 0 heterocycles. The van der Waals surface area contributed by atoms with E-state index in [1.165, 1.54) is 18.2 Å². The normalized spacial score (nSPS) is 10.1. The van der Waals surface area contributed by atoms with Gasteiger partial charge in [-0.15, -0.1) is 0 Å². The maximum absolute atomic E-state index is 13.7. The lowest BCUT2D eigenvalue weighted by Crippen LogP contribution is -1.91. The van der Waals surface area contributed by atoms with Gasteiger partial charge < -0.3 is 0 Å². The second-order valence-corrected chi connectivity index (χ2v) is 4.12. The average Bonchev–Trinajstić information content (AvgIpc) is 2.35. The quantitative estimate of drug-likeness (QED) is 0.781. The SMILES string of the molecule is Cc1ccc(F)c(-c2ccc(CC#N)c(F)c2)c1. The standard InChI is InChI=1S/C15H11F2N/c1-10-2-5-14(16)13(8-10)12-4-3-11(6-7-18)15(17)9-12/h2-5,8-9H,6H2,1H3. The third-order valence-corrected chi connectivity index (χ3v) is 2.76. The van der Waals surface area contributed by atoms with Crippen LogP contribution >= 0.6 is 0 Å². The highest BCUT2D eigenvalue weighted by molar-refractivity contribution is 5.65. The molecule has 0 aliphatic carbocycles. The maximum Gasteiger partial charge on any atom is 0.131 e. The van der Waals surface area contributed by atoms with Crippen molar-refractivity contribution in [3.05, 3.63) is 59.2 Å². The molecule has 2 aromatic carbocycles. The summed E-state index contributed by atoms with van der Waals surface area (Å²) >= 11 is 0. The number of aryl methyl sites for hydroxylation is 1. The lowest BCUT2D eigenvalue weighted by atomic mass is 10.0. The number of benzene rings is 2. The van der Waals surface area contributed by atoms with Gasteiger partial charge >= 0.3 is 0 Å². The van der Waals surface area contributed by atoms with Gasteiger partial charge in [-0.05, 0) is 30.7 Å². The minimum atomic E-state index is -0.477. The van der Waals surface area contributed by atoms with Crippen molar-refractivity contribution < 1.29 is 8.78 Å². The fourth-order valence-electron chi connectivity index (χ4n) is 1.80. The summed E-state index contributed by atoms with van der Waals surface area (Å²) in [6, 6.07) is 11.0. The molecule has 0 saturated heterocycles. The van der Waals surface area contributed by atoms with Crippen LogP contribution in [0.4, 0.5) is 8.78 Å². The first-order valence-electron chi connectivity index (χ1n) is 5.53. The third kappa shape index (κ3) is 2.38. The topological polar surface area (TPSA) is 23.8 Å². The second kappa shape index (κ2) is 4.97. The van der Waals surface area contributed by atoms with Crippen LogP contribution in [0.2, 0.25) is 0 Å². The van der Waals surface area contributed by atoms with Crippen molar-refractivity contribution >= 4 is 0 Å². The van der Waals surface area contributed by atoms with Crippen LogP contribution in [0.5, 0.6) is 0 Å². The summed E-state index contributed by atoms with van der Waals surface area (Å²) in [4.78, 5) is 0. The van der Waals surface area contributed by atoms with E-state index < -0.39 is 5.82 Å². The average molecular weight is 243 g/mol. The van der Waals surface area contributed by atoms with Crippen LogP contribution in [0.3, 0.4) is 0 Å². The molecule has 2 aromatic rings. The van der Waals surface area contributed by atoms with Crippen LogP contribution in [-0.4, -0.2) is 0 Å². The van der Waals surface area contributed by atoms with Gasteiger partial charge in [-0.3, -0.25) is 0 Å². The summed E-state index contributed by atoms with van der Waals surface area (Å²) in [5, 5.41) is 8.53. The predicted molar refractivity (Wildman–Crippen MR) is 65.8 cm³/mol. The van der Waals surface area contributed by atoms with Gasteiger partial charge in [0.1, 0.15) is 11.6 Å². The first-order valence-corrected chi connectivity index (χ1v) is 5.53. The number of hydrogen-bond donors (Lipinski definition) is 0. The molecule has 0 radical (unpaired) electrons. The highest BCUT2D eigenvalue weighted by Gasteiger charge is 2.08. The summed E-state index contributed by atoms with van der Waals surface area (Å²) in [5.41, 5.74) is 2.09. The van der Waals surface area contributed by atoms with Gasteiger partial charge in [0.05, 0.1) is 12.5 Å². The number of nitrogens with zero attached hydrogens (tertiary/aromatic N) is 1. The molecule has 0 fully saturated rings. The molecule has 0 bridgehead atoms. The second-order valence-electron chi connectivity index (χ2n) is 4.12. The van der Waals surface area contributed by atoms with E-state index in [9.17, 15) is 8.78 Å². The molecule has 0 amide bonds. The molecule has 0 saturated carbocycles. The molecule has 0 spiro atoms. The molecule has 3 heteroatoms. The molecule has 18 heavy (non-hydrogen) atoms. The Morgan fingerprint density at radius 3 is 2.50 bits per heavy atom. The monoisotopic (exact) mass is 243 g/mol. The van der Waals surface area contributed by atoms with E-state index in [2.05, 4.69) is 0 Å². The van der Waals surface area contributed by atoms with E-state index in [0.29, 0.717) is 16.7 Å². The van der Waals surface area contributed by atoms with Gasteiger partial charge in [0.2, 0.25) is 0 Å². The van der Waals surface area contributed by atoms with Crippen LogP contribution in [0, 0.1) is 29.9 Å². The Labute approximate surface area is 104 Å². The zero-order chi connectivity index (χ0) is 13.1. The zero-order valence-electron chi connectivity index (χ0n) is 9.87. The Balaban J connectivity index is 2.49. The molecule has 1 nitrogen and oxygen atoms in total. The molecular weight excluding hydrogens is 232 g/mol. The summed E-state index contributed by atoms with van der Waals surface area (Å²) in [6.07, 6.45) is 0.0163. The van der Waals surface area contributed by atoms with E-state index >= 15 is 0 Å². The van der Waals surface area contributed by atoms with Gasteiger partial charge in [0.25, 0.3) is 0 Å². The largest absolute Gasteiger partial charge is 0.207 e. The highest BCUT2D eigenvalue weighted by atomic mass is 19.1. The van der Waals surface area contributed by atoms with Crippen LogP contribution in [0.1, 0.15) is 11.1 Å². The van der Waals surface area contributed by atoms with Crippen molar-refractivity contribution in [2.75, 3.05) is 0 Å². The zero-order valence-corrected chi connectivity index (χ0v) is 9.87. The van der Waals surface area contributed by atoms with Gasteiger partial charge in [0, 0.05) is 11.1 Å². The number of nitriles is 1. The van der Waals surface area contributed by atoms with Crippen molar-refractivity contribution in [1.29, 1.82) is 5.26 Å². The number of halogens is 2. The van der Waals surface area contributed by atoms with E-state index in [4.69, 9.17) is 5.26 Å². The van der Waals surface area contributed by atoms with E-state index in [1.54, 1.807) is 18.2 Å². The van der Waals surface area contributed by atoms with Gasteiger partial charge in [-0.2, -0.15) is 5.26 Å². The fraction of sp³-hybridized carbons (Fsp3) is 0.133. The van der Waals surface area contributed by atoms with Crippen molar-refractivity contribution in [3.8, 4) is 17.2 Å². The fourth-order valence-corrected chi connectivity index (χ4v) is 1.80. The molecular formula is C15H11F2N. The molecule has 0 aliphatic heterocycles. The van der Waals surface area contributed by atoms with Crippen molar-refractivity contribution in [2.24, 2.45) is 0 Å². The van der Waals surface area contributed by atoms with Crippen LogP contribution in [0.15, 0.2) is 36.4 Å². The Morgan fingerprint density at radius 1 is 1.06 bits per heavy atom. The van der Waals surface area contributed by atoms with Crippen molar-refractivity contribution in [1.82, 2.24) is 0 Å². The number of hydrogen-bond acceptors (Lipinski definition) is 1. The smallest absolute Gasteiger partial charge is 0.131 e. The van der Waals surface area contributed by atoms with Crippen LogP contribution in [-0.2, 0) is 6.42 Å². The lowest BCUT2D eigenvalue weighted by Gasteiger charge is -2.06. The van der Waals surface area contributed by atoms with Crippen molar-refractivity contribution in [3.63, 3.8) is 0 Å². The van der Waals surface area contributed by atoms with E-state index in [-0.39, 0.29) is 12.2 Å². The Kier molecular flexibility index (Phi) is 3.38.